The minimum Gasteiger partial charge on any atom is -0.508 e. The maximum absolute atomic E-state index is 12.3. The number of hydrogen-bond acceptors (Lipinski definition) is 3. The molecule has 2 fully saturated rings. The highest BCUT2D eigenvalue weighted by molar-refractivity contribution is 6.31. The van der Waals surface area contributed by atoms with Gasteiger partial charge in [0.05, 0.1) is 5.60 Å². The normalized spacial score (nSPS) is 29.0. The average Bonchev–Trinajstić information content (AvgIpc) is 3.46. The maximum Gasteiger partial charge on any atom is 0.115 e. The predicted octanol–water partition coefficient (Wildman–Crippen LogP) is 4.41. The Balaban J connectivity index is 1.49. The van der Waals surface area contributed by atoms with Gasteiger partial charge < -0.3 is 20.1 Å². The number of aromatic hydroxyl groups is 1. The van der Waals surface area contributed by atoms with Gasteiger partial charge in [0.25, 0.3) is 0 Å². The molecular formula is C25H27ClN2O2. The van der Waals surface area contributed by atoms with Crippen LogP contribution >= 0.6 is 11.6 Å². The Bertz CT molecular complexity index is 1140. The van der Waals surface area contributed by atoms with Gasteiger partial charge in [-0.2, -0.15) is 0 Å². The first-order chi connectivity index (χ1) is 14.5. The number of nitrogens with zero attached hydrogens (tertiary/aromatic N) is 1. The number of benzene rings is 2. The van der Waals surface area contributed by atoms with Crippen molar-refractivity contribution >= 4 is 22.5 Å². The second kappa shape index (κ2) is 6.49. The van der Waals surface area contributed by atoms with Gasteiger partial charge in [0.15, 0.2) is 0 Å². The van der Waals surface area contributed by atoms with Crippen LogP contribution in [0.5, 0.6) is 5.75 Å². The van der Waals surface area contributed by atoms with Crippen molar-refractivity contribution in [3.63, 3.8) is 0 Å². The van der Waals surface area contributed by atoms with Crippen LogP contribution in [0.4, 0.5) is 0 Å². The molecule has 1 saturated heterocycles. The summed E-state index contributed by atoms with van der Waals surface area (Å²) < 4.78 is 0. The fourth-order valence-corrected chi connectivity index (χ4v) is 6.20. The molecule has 2 atom stereocenters. The average molecular weight is 423 g/mol. The summed E-state index contributed by atoms with van der Waals surface area (Å²) in [5.74, 6) is 1.06. The lowest BCUT2D eigenvalue weighted by molar-refractivity contribution is -0.103. The van der Waals surface area contributed by atoms with E-state index in [1.165, 1.54) is 24.1 Å². The Morgan fingerprint density at radius 2 is 2.00 bits per heavy atom. The molecule has 0 unspecified atom stereocenters. The van der Waals surface area contributed by atoms with Crippen molar-refractivity contribution < 1.29 is 10.2 Å². The summed E-state index contributed by atoms with van der Waals surface area (Å²) in [4.78, 5) is 6.07. The third-order valence-corrected chi connectivity index (χ3v) is 7.98. The Morgan fingerprint density at radius 1 is 1.13 bits per heavy atom. The molecule has 0 spiro atoms. The van der Waals surface area contributed by atoms with E-state index in [2.05, 4.69) is 22.0 Å². The number of H-pyrrole nitrogens is 1. The van der Waals surface area contributed by atoms with Gasteiger partial charge in [0.2, 0.25) is 0 Å². The molecule has 3 aromatic rings. The van der Waals surface area contributed by atoms with Crippen LogP contribution in [0.3, 0.4) is 0 Å². The van der Waals surface area contributed by atoms with Gasteiger partial charge in [-0.25, -0.2) is 0 Å². The van der Waals surface area contributed by atoms with Crippen LogP contribution in [-0.2, 0) is 18.3 Å². The molecule has 1 aliphatic heterocycles. The smallest absolute Gasteiger partial charge is 0.115 e. The highest BCUT2D eigenvalue weighted by atomic mass is 35.5. The molecule has 30 heavy (non-hydrogen) atoms. The fraction of sp³-hybridized carbons (Fsp3) is 0.440. The molecule has 0 amide bonds. The van der Waals surface area contributed by atoms with Crippen molar-refractivity contribution in [2.24, 2.45) is 5.92 Å². The molecular weight excluding hydrogens is 396 g/mol. The van der Waals surface area contributed by atoms with E-state index in [4.69, 9.17) is 11.6 Å². The van der Waals surface area contributed by atoms with Crippen molar-refractivity contribution in [1.82, 2.24) is 9.88 Å². The maximum atomic E-state index is 12.3. The lowest BCUT2D eigenvalue weighted by atomic mass is 9.56. The van der Waals surface area contributed by atoms with E-state index >= 15 is 0 Å². The minimum atomic E-state index is -0.879. The van der Waals surface area contributed by atoms with Crippen LogP contribution in [0.15, 0.2) is 42.5 Å². The van der Waals surface area contributed by atoms with Crippen molar-refractivity contribution in [2.45, 2.75) is 43.1 Å². The summed E-state index contributed by atoms with van der Waals surface area (Å²) in [6.45, 7) is 2.75. The summed E-state index contributed by atoms with van der Waals surface area (Å²) in [5, 5.41) is 24.4. The van der Waals surface area contributed by atoms with Gasteiger partial charge >= 0.3 is 0 Å². The lowest BCUT2D eigenvalue weighted by Gasteiger charge is -2.56. The van der Waals surface area contributed by atoms with Crippen LogP contribution in [0.25, 0.3) is 10.9 Å². The third-order valence-electron chi connectivity index (χ3n) is 7.75. The molecule has 0 radical (unpaired) electrons. The molecule has 2 aromatic carbocycles. The Labute approximate surface area is 181 Å². The van der Waals surface area contributed by atoms with Gasteiger partial charge in [0, 0.05) is 53.0 Å². The zero-order chi connectivity index (χ0) is 20.5. The topological polar surface area (TPSA) is 59.5 Å². The van der Waals surface area contributed by atoms with E-state index in [0.29, 0.717) is 13.0 Å². The number of likely N-dealkylation sites (tertiary alicyclic amines) is 1. The highest BCUT2D eigenvalue weighted by Crippen LogP contribution is 2.52. The highest BCUT2D eigenvalue weighted by Gasteiger charge is 2.57. The SMILES string of the molecule is Oc1cccc([C@@]23CCN(CC4CC4)C[C@@]2(O)Cc2c([nH]c4cc(Cl)ccc24)C3)c1. The number of aliphatic hydroxyl groups is 1. The summed E-state index contributed by atoms with van der Waals surface area (Å²) in [6, 6.07) is 13.5. The quantitative estimate of drug-likeness (QED) is 0.586. The van der Waals surface area contributed by atoms with E-state index in [-0.39, 0.29) is 5.75 Å². The Kier molecular flexibility index (Phi) is 4.05. The molecule has 4 nitrogen and oxygen atoms in total. The fourth-order valence-electron chi connectivity index (χ4n) is 6.03. The number of β-amino-alcohol motifs (C(OH)–C–C–N with tert-alkyl or cyclic N) is 1. The summed E-state index contributed by atoms with van der Waals surface area (Å²) in [5.41, 5.74) is 3.19. The minimum absolute atomic E-state index is 0.263. The molecule has 1 saturated carbocycles. The number of piperidine rings is 1. The van der Waals surface area contributed by atoms with Crippen LogP contribution in [0.2, 0.25) is 5.02 Å². The van der Waals surface area contributed by atoms with Crippen LogP contribution < -0.4 is 0 Å². The number of phenols is 1. The second-order valence-electron chi connectivity index (χ2n) is 9.72. The van der Waals surface area contributed by atoms with E-state index in [1.54, 1.807) is 6.07 Å². The van der Waals surface area contributed by atoms with Gasteiger partial charge in [-0.3, -0.25) is 0 Å². The third kappa shape index (κ3) is 2.81. The van der Waals surface area contributed by atoms with Crippen molar-refractivity contribution in [1.29, 1.82) is 0 Å². The number of hydrogen-bond donors (Lipinski definition) is 3. The van der Waals surface area contributed by atoms with Gasteiger partial charge in [-0.05, 0) is 67.1 Å². The summed E-state index contributed by atoms with van der Waals surface area (Å²) in [7, 11) is 0. The first-order valence-corrected chi connectivity index (χ1v) is 11.4. The number of phenolic OH excluding ortho intramolecular Hbond substituents is 1. The number of aromatic amines is 1. The van der Waals surface area contributed by atoms with Gasteiger partial charge in [-0.15, -0.1) is 0 Å². The monoisotopic (exact) mass is 422 g/mol. The molecule has 6 rings (SSSR count). The number of halogens is 1. The number of nitrogens with one attached hydrogen (secondary N) is 1. The summed E-state index contributed by atoms with van der Waals surface area (Å²) >= 11 is 6.24. The van der Waals surface area contributed by atoms with Crippen LogP contribution in [0.1, 0.15) is 36.1 Å². The van der Waals surface area contributed by atoms with Gasteiger partial charge in [0.1, 0.15) is 5.75 Å². The van der Waals surface area contributed by atoms with Crippen molar-refractivity contribution in [3.8, 4) is 5.75 Å². The largest absolute Gasteiger partial charge is 0.508 e. The number of rotatable bonds is 3. The molecule has 1 aromatic heterocycles. The number of fused-ring (bicyclic) bond motifs is 4. The standard InChI is InChI=1S/C25H27ClN2O2/c26-18-6-7-20-21-12-25(30)15-28(14-16-4-5-16)9-8-24(25,13-23(21)27-22(20)11-18)17-2-1-3-19(29)10-17/h1-3,6-7,10-11,16,27,29-30H,4-5,8-9,12-15H2/t24-,25-/m0/s1. The molecule has 3 N–H and O–H groups in total. The van der Waals surface area contributed by atoms with E-state index < -0.39 is 11.0 Å². The Hall–Kier alpha value is -2.01. The van der Waals surface area contributed by atoms with E-state index in [0.717, 1.165) is 53.3 Å². The van der Waals surface area contributed by atoms with Crippen molar-refractivity contribution in [2.75, 3.05) is 19.6 Å². The Morgan fingerprint density at radius 3 is 2.80 bits per heavy atom. The van der Waals surface area contributed by atoms with E-state index in [9.17, 15) is 10.2 Å². The first kappa shape index (κ1) is 18.7. The molecule has 156 valence electrons. The second-order valence-corrected chi connectivity index (χ2v) is 10.2. The van der Waals surface area contributed by atoms with Crippen LogP contribution in [-0.4, -0.2) is 45.3 Å². The zero-order valence-corrected chi connectivity index (χ0v) is 17.8. The van der Waals surface area contributed by atoms with E-state index in [1.807, 2.05) is 24.3 Å². The lowest BCUT2D eigenvalue weighted by Crippen LogP contribution is -2.66. The molecule has 0 bridgehead atoms. The molecule has 2 heterocycles. The molecule has 2 aliphatic carbocycles. The molecule has 5 heteroatoms. The van der Waals surface area contributed by atoms with Crippen molar-refractivity contribution in [3.05, 3.63) is 64.3 Å². The zero-order valence-electron chi connectivity index (χ0n) is 17.0. The molecule has 3 aliphatic rings. The first-order valence-electron chi connectivity index (χ1n) is 11.0. The number of aromatic nitrogens is 1. The predicted molar refractivity (Wildman–Crippen MR) is 119 cm³/mol. The summed E-state index contributed by atoms with van der Waals surface area (Å²) in [6.07, 6.45) is 4.88. The van der Waals surface area contributed by atoms with Gasteiger partial charge in [-0.1, -0.05) is 29.8 Å². The van der Waals surface area contributed by atoms with Crippen LogP contribution in [0, 0.1) is 5.92 Å².